The van der Waals surface area contributed by atoms with Crippen LogP contribution in [-0.2, 0) is 6.54 Å². The molecule has 23 heavy (non-hydrogen) atoms. The molecular formula is C15H23N7O. The molecule has 3 rings (SSSR count). The van der Waals surface area contributed by atoms with Crippen molar-refractivity contribution in [3.8, 4) is 0 Å². The Balaban J connectivity index is 1.49. The van der Waals surface area contributed by atoms with Crippen molar-refractivity contribution in [1.82, 2.24) is 35.2 Å². The molecule has 8 nitrogen and oxygen atoms in total. The van der Waals surface area contributed by atoms with Crippen LogP contribution < -0.4 is 10.6 Å². The number of hydrogen-bond donors (Lipinski definition) is 2. The molecule has 0 spiro atoms. The highest BCUT2D eigenvalue weighted by Gasteiger charge is 2.19. The molecule has 2 aromatic rings. The zero-order valence-corrected chi connectivity index (χ0v) is 13.4. The summed E-state index contributed by atoms with van der Waals surface area (Å²) < 4.78 is 3.66. The Hall–Kier alpha value is -2.22. The maximum Gasteiger partial charge on any atom is 0.290 e. The molecule has 8 heteroatoms. The summed E-state index contributed by atoms with van der Waals surface area (Å²) in [7, 11) is 0. The Kier molecular flexibility index (Phi) is 5.02. The summed E-state index contributed by atoms with van der Waals surface area (Å²) in [4.78, 5) is 16.3. The maximum atomic E-state index is 12.2. The molecule has 1 saturated heterocycles. The van der Waals surface area contributed by atoms with Crippen LogP contribution in [0.3, 0.4) is 0 Å². The maximum absolute atomic E-state index is 12.2. The number of piperidine rings is 1. The summed E-state index contributed by atoms with van der Waals surface area (Å²) in [5, 5.41) is 14.7. The fourth-order valence-electron chi connectivity index (χ4n) is 2.75. The number of hydrogen-bond acceptors (Lipinski definition) is 5. The number of rotatable bonds is 6. The van der Waals surface area contributed by atoms with Gasteiger partial charge in [-0.25, -0.2) is 9.67 Å². The van der Waals surface area contributed by atoms with Gasteiger partial charge in [0.05, 0.1) is 6.04 Å². The normalized spacial score (nSPS) is 19.4. The molecule has 1 fully saturated rings. The highest BCUT2D eigenvalue weighted by molar-refractivity contribution is 5.90. The van der Waals surface area contributed by atoms with Crippen molar-refractivity contribution in [2.24, 2.45) is 5.92 Å². The first-order valence-corrected chi connectivity index (χ1v) is 8.10. The third-order valence-corrected chi connectivity index (χ3v) is 4.03. The van der Waals surface area contributed by atoms with Gasteiger partial charge in [0.1, 0.15) is 6.33 Å². The fourth-order valence-corrected chi connectivity index (χ4v) is 2.75. The van der Waals surface area contributed by atoms with E-state index >= 15 is 0 Å². The Morgan fingerprint density at radius 2 is 2.48 bits per heavy atom. The predicted octanol–water partition coefficient (Wildman–Crippen LogP) is 0.465. The highest BCUT2D eigenvalue weighted by Crippen LogP contribution is 2.14. The van der Waals surface area contributed by atoms with Gasteiger partial charge in [0, 0.05) is 32.0 Å². The number of nitrogens with one attached hydrogen (secondary N) is 2. The van der Waals surface area contributed by atoms with Gasteiger partial charge < -0.3 is 10.6 Å². The topological polar surface area (TPSA) is 89.7 Å². The Labute approximate surface area is 135 Å². The van der Waals surface area contributed by atoms with Gasteiger partial charge in [-0.05, 0) is 31.4 Å². The molecule has 3 heterocycles. The number of carbonyl (C=O) groups is 1. The van der Waals surface area contributed by atoms with Crippen molar-refractivity contribution in [3.05, 3.63) is 30.6 Å². The molecule has 1 aliphatic heterocycles. The SMILES string of the molecule is CC(CNC(=O)c1ncn(C2CCCNC2)n1)Cn1cccn1. The van der Waals surface area contributed by atoms with Crippen molar-refractivity contribution < 1.29 is 4.79 Å². The molecular weight excluding hydrogens is 294 g/mol. The molecule has 2 aromatic heterocycles. The summed E-state index contributed by atoms with van der Waals surface area (Å²) in [6.45, 7) is 5.33. The van der Waals surface area contributed by atoms with Crippen molar-refractivity contribution in [3.63, 3.8) is 0 Å². The Morgan fingerprint density at radius 1 is 1.57 bits per heavy atom. The van der Waals surface area contributed by atoms with Gasteiger partial charge in [-0.15, -0.1) is 5.10 Å². The van der Waals surface area contributed by atoms with Crippen LogP contribution >= 0.6 is 0 Å². The molecule has 124 valence electrons. The van der Waals surface area contributed by atoms with E-state index in [1.807, 2.05) is 16.9 Å². The standard InChI is InChI=1S/C15H23N7O/c1-12(10-21-7-3-6-19-21)8-17-15(23)14-18-11-22(20-14)13-4-2-5-16-9-13/h3,6-7,11-13,16H,2,4-5,8-10H2,1H3,(H,17,23). The van der Waals surface area contributed by atoms with E-state index in [9.17, 15) is 4.79 Å². The van der Waals surface area contributed by atoms with Gasteiger partial charge in [0.2, 0.25) is 5.82 Å². The molecule has 1 aliphatic rings. The molecule has 1 amide bonds. The van der Waals surface area contributed by atoms with Gasteiger partial charge in [-0.1, -0.05) is 6.92 Å². The lowest BCUT2D eigenvalue weighted by molar-refractivity contribution is 0.0935. The van der Waals surface area contributed by atoms with Gasteiger partial charge in [-0.2, -0.15) is 5.10 Å². The Morgan fingerprint density at radius 3 is 3.22 bits per heavy atom. The van der Waals surface area contributed by atoms with Crippen molar-refractivity contribution in [2.45, 2.75) is 32.4 Å². The lowest BCUT2D eigenvalue weighted by atomic mass is 10.1. The van der Waals surface area contributed by atoms with Crippen LogP contribution in [0.25, 0.3) is 0 Å². The number of aromatic nitrogens is 5. The van der Waals surface area contributed by atoms with E-state index in [0.29, 0.717) is 6.54 Å². The molecule has 0 radical (unpaired) electrons. The highest BCUT2D eigenvalue weighted by atomic mass is 16.2. The van der Waals surface area contributed by atoms with E-state index in [2.05, 4.69) is 32.7 Å². The van der Waals surface area contributed by atoms with E-state index in [4.69, 9.17) is 0 Å². The largest absolute Gasteiger partial charge is 0.349 e. The van der Waals surface area contributed by atoms with Crippen LogP contribution in [0.4, 0.5) is 0 Å². The predicted molar refractivity (Wildman–Crippen MR) is 84.9 cm³/mol. The molecule has 0 bridgehead atoms. The Bertz CT molecular complexity index is 616. The molecule has 0 aliphatic carbocycles. The summed E-state index contributed by atoms with van der Waals surface area (Å²) in [5.74, 6) is 0.296. The third-order valence-electron chi connectivity index (χ3n) is 4.03. The summed E-state index contributed by atoms with van der Waals surface area (Å²) in [5.41, 5.74) is 0. The van der Waals surface area contributed by atoms with Gasteiger partial charge in [0.25, 0.3) is 5.91 Å². The van der Waals surface area contributed by atoms with Crippen LogP contribution in [0.1, 0.15) is 36.4 Å². The quantitative estimate of drug-likeness (QED) is 0.808. The summed E-state index contributed by atoms with van der Waals surface area (Å²) in [6, 6.07) is 2.18. The van der Waals surface area contributed by atoms with Crippen molar-refractivity contribution in [1.29, 1.82) is 0 Å². The first-order valence-electron chi connectivity index (χ1n) is 8.10. The van der Waals surface area contributed by atoms with E-state index in [1.165, 1.54) is 0 Å². The van der Waals surface area contributed by atoms with E-state index in [1.54, 1.807) is 17.2 Å². The molecule has 2 unspecified atom stereocenters. The van der Waals surface area contributed by atoms with E-state index in [-0.39, 0.29) is 23.7 Å². The minimum Gasteiger partial charge on any atom is -0.349 e. The third kappa shape index (κ3) is 4.16. The summed E-state index contributed by atoms with van der Waals surface area (Å²) >= 11 is 0. The van der Waals surface area contributed by atoms with Gasteiger partial charge in [-0.3, -0.25) is 9.48 Å². The molecule has 2 atom stereocenters. The summed E-state index contributed by atoms with van der Waals surface area (Å²) in [6.07, 6.45) is 7.51. The van der Waals surface area contributed by atoms with Crippen LogP contribution in [0.5, 0.6) is 0 Å². The second-order valence-electron chi connectivity index (χ2n) is 6.09. The fraction of sp³-hybridized carbons (Fsp3) is 0.600. The number of carbonyl (C=O) groups excluding carboxylic acids is 1. The first kappa shape index (κ1) is 15.7. The lowest BCUT2D eigenvalue weighted by Gasteiger charge is -2.22. The first-order chi connectivity index (χ1) is 11.2. The monoisotopic (exact) mass is 317 g/mol. The van der Waals surface area contributed by atoms with Gasteiger partial charge in [0.15, 0.2) is 0 Å². The average molecular weight is 317 g/mol. The zero-order valence-electron chi connectivity index (χ0n) is 13.4. The second-order valence-corrected chi connectivity index (χ2v) is 6.09. The molecule has 0 aromatic carbocycles. The van der Waals surface area contributed by atoms with Crippen LogP contribution in [0, 0.1) is 5.92 Å². The second kappa shape index (κ2) is 7.36. The number of amides is 1. The van der Waals surface area contributed by atoms with E-state index < -0.39 is 0 Å². The zero-order chi connectivity index (χ0) is 16.1. The van der Waals surface area contributed by atoms with Gasteiger partial charge >= 0.3 is 0 Å². The minimum atomic E-state index is -0.222. The minimum absolute atomic E-state index is 0.222. The van der Waals surface area contributed by atoms with Crippen molar-refractivity contribution >= 4 is 5.91 Å². The molecule has 2 N–H and O–H groups in total. The average Bonchev–Trinajstić information content (AvgIpc) is 3.25. The molecule has 0 saturated carbocycles. The van der Waals surface area contributed by atoms with Crippen LogP contribution in [-0.4, -0.2) is 50.1 Å². The number of nitrogens with zero attached hydrogens (tertiary/aromatic N) is 5. The lowest BCUT2D eigenvalue weighted by Crippen LogP contribution is -2.33. The van der Waals surface area contributed by atoms with Crippen molar-refractivity contribution in [2.75, 3.05) is 19.6 Å². The van der Waals surface area contributed by atoms with Crippen LogP contribution in [0.2, 0.25) is 0 Å². The van der Waals surface area contributed by atoms with Crippen LogP contribution in [0.15, 0.2) is 24.8 Å². The smallest absolute Gasteiger partial charge is 0.290 e. The van der Waals surface area contributed by atoms with E-state index in [0.717, 1.165) is 32.5 Å².